The van der Waals surface area contributed by atoms with E-state index in [1.165, 1.54) is 11.3 Å². The summed E-state index contributed by atoms with van der Waals surface area (Å²) < 4.78 is 5.50. The molecule has 5 nitrogen and oxygen atoms in total. The first-order valence-electron chi connectivity index (χ1n) is 6.68. The highest BCUT2D eigenvalue weighted by Crippen LogP contribution is 2.23. The van der Waals surface area contributed by atoms with Crippen molar-refractivity contribution < 1.29 is 9.21 Å². The van der Waals surface area contributed by atoms with Crippen molar-refractivity contribution in [3.63, 3.8) is 0 Å². The fourth-order valence-electron chi connectivity index (χ4n) is 1.90. The Bertz CT molecular complexity index is 818. The van der Waals surface area contributed by atoms with Gasteiger partial charge in [-0.1, -0.05) is 35.3 Å². The molecule has 118 valence electrons. The Hall–Kier alpha value is -1.89. The number of carbonyl (C=O) groups is 1. The lowest BCUT2D eigenvalue weighted by Crippen LogP contribution is -2.24. The molecule has 0 saturated heterocycles. The average Bonchev–Trinajstić information content (AvgIpc) is 3.19. The fraction of sp³-hybridized carbons (Fsp3) is 0.133. The minimum Gasteiger partial charge on any atom is -0.418 e. The molecule has 0 saturated carbocycles. The molecule has 0 aliphatic heterocycles. The Kier molecular flexibility index (Phi) is 4.95. The summed E-state index contributed by atoms with van der Waals surface area (Å²) in [6, 6.07) is 8.89. The molecule has 0 fully saturated rings. The van der Waals surface area contributed by atoms with Gasteiger partial charge in [-0.3, -0.25) is 4.79 Å². The number of carbonyl (C=O) groups excluding carboxylic acids is 1. The first-order chi connectivity index (χ1) is 11.1. The van der Waals surface area contributed by atoms with Crippen molar-refractivity contribution in [3.05, 3.63) is 57.2 Å². The highest BCUT2D eigenvalue weighted by molar-refractivity contribution is 7.13. The number of halogens is 2. The Morgan fingerprint density at radius 3 is 2.83 bits per heavy atom. The normalized spacial score (nSPS) is 10.7. The Balaban J connectivity index is 1.55. The summed E-state index contributed by atoms with van der Waals surface area (Å²) in [6.07, 6.45) is 0.197. The van der Waals surface area contributed by atoms with E-state index < -0.39 is 0 Å². The third-order valence-electron chi connectivity index (χ3n) is 2.98. The third-order valence-corrected chi connectivity index (χ3v) is 4.58. The first kappa shape index (κ1) is 16.0. The van der Waals surface area contributed by atoms with Crippen LogP contribution in [0.15, 0.2) is 40.1 Å². The summed E-state index contributed by atoms with van der Waals surface area (Å²) >= 11 is 13.3. The van der Waals surface area contributed by atoms with E-state index in [0.717, 1.165) is 10.4 Å². The van der Waals surface area contributed by atoms with Gasteiger partial charge < -0.3 is 9.73 Å². The van der Waals surface area contributed by atoms with Gasteiger partial charge in [-0.05, 0) is 29.1 Å². The van der Waals surface area contributed by atoms with Crippen LogP contribution < -0.4 is 5.32 Å². The molecule has 0 spiro atoms. The third kappa shape index (κ3) is 4.10. The lowest BCUT2D eigenvalue weighted by atomic mass is 10.1. The van der Waals surface area contributed by atoms with Crippen LogP contribution in [-0.4, -0.2) is 16.1 Å². The van der Waals surface area contributed by atoms with E-state index in [1.807, 2.05) is 17.5 Å². The maximum Gasteiger partial charge on any atom is 0.257 e. The molecule has 8 heteroatoms. The van der Waals surface area contributed by atoms with E-state index in [9.17, 15) is 4.79 Å². The van der Waals surface area contributed by atoms with Crippen molar-refractivity contribution in [1.29, 1.82) is 0 Å². The molecular formula is C15H11Cl2N3O2S. The van der Waals surface area contributed by atoms with Crippen molar-refractivity contribution in [2.75, 3.05) is 0 Å². The highest BCUT2D eigenvalue weighted by atomic mass is 35.5. The average molecular weight is 368 g/mol. The number of rotatable bonds is 5. The van der Waals surface area contributed by atoms with Crippen molar-refractivity contribution in [1.82, 2.24) is 15.5 Å². The quantitative estimate of drug-likeness (QED) is 0.740. The largest absolute Gasteiger partial charge is 0.418 e. The zero-order chi connectivity index (χ0) is 16.2. The van der Waals surface area contributed by atoms with Gasteiger partial charge in [0.2, 0.25) is 11.8 Å². The van der Waals surface area contributed by atoms with Crippen LogP contribution in [0.5, 0.6) is 0 Å². The van der Waals surface area contributed by atoms with E-state index in [2.05, 4.69) is 15.5 Å². The second kappa shape index (κ2) is 7.12. The highest BCUT2D eigenvalue weighted by Gasteiger charge is 2.11. The summed E-state index contributed by atoms with van der Waals surface area (Å²) in [7, 11) is 0. The number of thiophene rings is 1. The van der Waals surface area contributed by atoms with Crippen molar-refractivity contribution >= 4 is 40.4 Å². The molecule has 3 aromatic rings. The number of hydrogen-bond donors (Lipinski definition) is 1. The van der Waals surface area contributed by atoms with Crippen molar-refractivity contribution in [2.24, 2.45) is 0 Å². The van der Waals surface area contributed by atoms with Gasteiger partial charge in [0.15, 0.2) is 0 Å². The summed E-state index contributed by atoms with van der Waals surface area (Å²) in [5, 5.41) is 13.4. The van der Waals surface area contributed by atoms with Gasteiger partial charge in [-0.15, -0.1) is 21.5 Å². The molecule has 1 amide bonds. The minimum atomic E-state index is -0.167. The number of nitrogens with one attached hydrogen (secondary N) is 1. The van der Waals surface area contributed by atoms with E-state index >= 15 is 0 Å². The van der Waals surface area contributed by atoms with Gasteiger partial charge in [0.1, 0.15) is 0 Å². The second-order valence-electron chi connectivity index (χ2n) is 4.68. The van der Waals surface area contributed by atoms with Gasteiger partial charge in [0.25, 0.3) is 5.89 Å². The Morgan fingerprint density at radius 1 is 1.22 bits per heavy atom. The standard InChI is InChI=1S/C15H11Cl2N3O2S/c16-10-4-3-9(6-11(10)17)7-13(21)18-8-14-19-20-15(22-14)12-2-1-5-23-12/h1-6H,7-8H2,(H,18,21). The van der Waals surface area contributed by atoms with Crippen LogP contribution in [0.4, 0.5) is 0 Å². The maximum atomic E-state index is 11.9. The van der Waals surface area contributed by atoms with E-state index in [1.54, 1.807) is 18.2 Å². The number of hydrogen-bond acceptors (Lipinski definition) is 5. The lowest BCUT2D eigenvalue weighted by Gasteiger charge is -2.04. The Morgan fingerprint density at radius 2 is 2.09 bits per heavy atom. The molecule has 0 bridgehead atoms. The zero-order valence-corrected chi connectivity index (χ0v) is 14.1. The Labute approximate surface area is 146 Å². The molecule has 0 radical (unpaired) electrons. The lowest BCUT2D eigenvalue weighted by molar-refractivity contribution is -0.120. The summed E-state index contributed by atoms with van der Waals surface area (Å²) in [5.41, 5.74) is 0.779. The molecule has 0 atom stereocenters. The van der Waals surface area contributed by atoms with Crippen LogP contribution in [0.3, 0.4) is 0 Å². The number of aromatic nitrogens is 2. The smallest absolute Gasteiger partial charge is 0.257 e. The van der Waals surface area contributed by atoms with Gasteiger partial charge >= 0.3 is 0 Å². The molecule has 2 heterocycles. The summed E-state index contributed by atoms with van der Waals surface area (Å²) in [6.45, 7) is 0.179. The first-order valence-corrected chi connectivity index (χ1v) is 8.32. The van der Waals surface area contributed by atoms with E-state index in [0.29, 0.717) is 21.8 Å². The molecule has 0 aliphatic rings. The monoisotopic (exact) mass is 367 g/mol. The molecule has 23 heavy (non-hydrogen) atoms. The predicted octanol–water partition coefficient (Wildman–Crippen LogP) is 3.96. The van der Waals surface area contributed by atoms with Gasteiger partial charge in [-0.2, -0.15) is 0 Å². The molecule has 0 aliphatic carbocycles. The minimum absolute atomic E-state index is 0.167. The van der Waals surface area contributed by atoms with E-state index in [-0.39, 0.29) is 18.9 Å². The predicted molar refractivity (Wildman–Crippen MR) is 89.6 cm³/mol. The van der Waals surface area contributed by atoms with Crippen LogP contribution >= 0.6 is 34.5 Å². The van der Waals surface area contributed by atoms with E-state index in [4.69, 9.17) is 27.6 Å². The molecule has 1 aromatic carbocycles. The van der Waals surface area contributed by atoms with Gasteiger partial charge in [0.05, 0.1) is 27.9 Å². The van der Waals surface area contributed by atoms with Crippen LogP contribution in [0.1, 0.15) is 11.5 Å². The zero-order valence-electron chi connectivity index (χ0n) is 11.8. The number of amides is 1. The van der Waals surface area contributed by atoms with Crippen molar-refractivity contribution in [3.8, 4) is 10.8 Å². The van der Waals surface area contributed by atoms with Crippen molar-refractivity contribution in [2.45, 2.75) is 13.0 Å². The molecule has 1 N–H and O–H groups in total. The maximum absolute atomic E-state index is 11.9. The molecule has 2 aromatic heterocycles. The van der Waals surface area contributed by atoms with Crippen LogP contribution in [0.25, 0.3) is 10.8 Å². The summed E-state index contributed by atoms with van der Waals surface area (Å²) in [5.74, 6) is 0.642. The number of nitrogens with zero attached hydrogens (tertiary/aromatic N) is 2. The molecule has 3 rings (SSSR count). The van der Waals surface area contributed by atoms with Gasteiger partial charge in [0, 0.05) is 0 Å². The number of benzene rings is 1. The molecule has 0 unspecified atom stereocenters. The van der Waals surface area contributed by atoms with Gasteiger partial charge in [-0.25, -0.2) is 0 Å². The van der Waals surface area contributed by atoms with Crippen LogP contribution in [-0.2, 0) is 17.8 Å². The summed E-state index contributed by atoms with van der Waals surface area (Å²) in [4.78, 5) is 12.8. The fourth-order valence-corrected chi connectivity index (χ4v) is 2.86. The second-order valence-corrected chi connectivity index (χ2v) is 6.44. The topological polar surface area (TPSA) is 68.0 Å². The van der Waals surface area contributed by atoms with Crippen LogP contribution in [0.2, 0.25) is 10.0 Å². The van der Waals surface area contributed by atoms with Crippen LogP contribution in [0, 0.1) is 0 Å². The SMILES string of the molecule is O=C(Cc1ccc(Cl)c(Cl)c1)NCc1nnc(-c2cccs2)o1. The molecular weight excluding hydrogens is 357 g/mol.